The highest BCUT2D eigenvalue weighted by molar-refractivity contribution is 5.97. The quantitative estimate of drug-likeness (QED) is 0.532. The van der Waals surface area contributed by atoms with Crippen LogP contribution in [-0.4, -0.2) is 107 Å². The summed E-state index contributed by atoms with van der Waals surface area (Å²) >= 11 is 0. The Morgan fingerprint density at radius 3 is 2.14 bits per heavy atom. The first-order valence-corrected chi connectivity index (χ1v) is 12.9. The zero-order chi connectivity index (χ0) is 24.3. The van der Waals surface area contributed by atoms with Crippen LogP contribution in [-0.2, 0) is 4.74 Å². The molecule has 3 fully saturated rings. The Morgan fingerprint density at radius 2 is 1.50 bits per heavy atom. The number of rotatable bonds is 5. The summed E-state index contributed by atoms with van der Waals surface area (Å²) in [4.78, 5) is 30.5. The molecule has 6 rings (SSSR count). The molecule has 3 aromatic rings. The predicted octanol–water partition coefficient (Wildman–Crippen LogP) is 1.68. The topological polar surface area (TPSA) is 90.8 Å². The molecule has 10 nitrogen and oxygen atoms in total. The third-order valence-electron chi connectivity index (χ3n) is 7.43. The first kappa shape index (κ1) is 23.1. The maximum Gasteiger partial charge on any atom is 0.254 e. The van der Waals surface area contributed by atoms with Crippen molar-refractivity contribution in [3.63, 3.8) is 0 Å². The van der Waals surface area contributed by atoms with Crippen LogP contribution in [0.4, 0.5) is 11.6 Å². The van der Waals surface area contributed by atoms with Crippen LogP contribution < -0.4 is 9.80 Å². The van der Waals surface area contributed by atoms with Gasteiger partial charge in [0.25, 0.3) is 5.91 Å². The van der Waals surface area contributed by atoms with Gasteiger partial charge in [0.1, 0.15) is 0 Å². The lowest BCUT2D eigenvalue weighted by molar-refractivity contribution is 0.0712. The minimum absolute atomic E-state index is 0.0299. The van der Waals surface area contributed by atoms with Gasteiger partial charge in [-0.25, -0.2) is 0 Å². The molecule has 36 heavy (non-hydrogen) atoms. The summed E-state index contributed by atoms with van der Waals surface area (Å²) in [6, 6.07) is 9.64. The number of ether oxygens (including phenoxy) is 1. The lowest BCUT2D eigenvalue weighted by Gasteiger charge is -2.37. The second-order valence-electron chi connectivity index (χ2n) is 9.71. The Kier molecular flexibility index (Phi) is 6.61. The molecule has 1 atom stereocenters. The molecule has 3 aliphatic rings. The highest BCUT2D eigenvalue weighted by Crippen LogP contribution is 2.20. The van der Waals surface area contributed by atoms with E-state index in [1.807, 2.05) is 23.1 Å². The summed E-state index contributed by atoms with van der Waals surface area (Å²) in [5.74, 6) is 1.83. The molecule has 1 amide bonds. The number of fused-ring (bicyclic) bond motifs is 1. The number of carbonyl (C=O) groups is 1. The first-order chi connectivity index (χ1) is 17.7. The largest absolute Gasteiger partial charge is 0.377 e. The Hall–Kier alpha value is -3.37. The van der Waals surface area contributed by atoms with Crippen molar-refractivity contribution in [3.05, 3.63) is 48.3 Å². The molecule has 2 aromatic heterocycles. The third-order valence-corrected chi connectivity index (χ3v) is 7.43. The van der Waals surface area contributed by atoms with E-state index in [0.717, 1.165) is 75.1 Å². The molecular weight excluding hydrogens is 456 g/mol. The van der Waals surface area contributed by atoms with E-state index < -0.39 is 0 Å². The van der Waals surface area contributed by atoms with Gasteiger partial charge in [0.15, 0.2) is 11.6 Å². The number of aromatic nitrogens is 4. The van der Waals surface area contributed by atoms with Crippen LogP contribution in [0.15, 0.2) is 42.7 Å². The van der Waals surface area contributed by atoms with Gasteiger partial charge >= 0.3 is 0 Å². The van der Waals surface area contributed by atoms with E-state index in [0.29, 0.717) is 24.8 Å². The number of hydrogen-bond acceptors (Lipinski definition) is 9. The molecular formula is C26H32N8O2. The van der Waals surface area contributed by atoms with Crippen LogP contribution in [0, 0.1) is 0 Å². The Bertz CT molecular complexity index is 1180. The van der Waals surface area contributed by atoms with Crippen molar-refractivity contribution in [2.75, 3.05) is 75.3 Å². The van der Waals surface area contributed by atoms with Crippen molar-refractivity contribution < 1.29 is 9.53 Å². The van der Waals surface area contributed by atoms with E-state index in [1.54, 1.807) is 12.4 Å². The molecule has 5 heterocycles. The highest BCUT2D eigenvalue weighted by atomic mass is 16.5. The maximum atomic E-state index is 13.0. The van der Waals surface area contributed by atoms with Crippen molar-refractivity contribution >= 4 is 28.6 Å². The fourth-order valence-corrected chi connectivity index (χ4v) is 5.31. The second-order valence-corrected chi connectivity index (χ2v) is 9.71. The number of anilines is 2. The van der Waals surface area contributed by atoms with Crippen LogP contribution >= 0.6 is 0 Å². The molecule has 188 valence electrons. The van der Waals surface area contributed by atoms with Gasteiger partial charge in [-0.2, -0.15) is 0 Å². The van der Waals surface area contributed by atoms with Crippen LogP contribution in [0.5, 0.6) is 0 Å². The van der Waals surface area contributed by atoms with Gasteiger partial charge in [-0.05, 0) is 43.2 Å². The Balaban J connectivity index is 1.01. The third kappa shape index (κ3) is 4.96. The minimum atomic E-state index is 0.0299. The average Bonchev–Trinajstić information content (AvgIpc) is 3.46. The zero-order valence-electron chi connectivity index (χ0n) is 20.5. The molecule has 0 aliphatic carbocycles. The van der Waals surface area contributed by atoms with E-state index in [1.165, 1.54) is 12.8 Å². The van der Waals surface area contributed by atoms with Crippen molar-refractivity contribution in [1.29, 1.82) is 0 Å². The SMILES string of the molecule is O=C(c1ccc2nccnc2c1)N1CCN(c2ccc(N3CCN(CC4CCCO4)CC3)nn2)CC1. The molecule has 10 heteroatoms. The highest BCUT2D eigenvalue weighted by Gasteiger charge is 2.25. The van der Waals surface area contributed by atoms with Gasteiger partial charge in [-0.15, -0.1) is 10.2 Å². The summed E-state index contributed by atoms with van der Waals surface area (Å²) in [5.41, 5.74) is 2.18. The van der Waals surface area contributed by atoms with Crippen molar-refractivity contribution in [2.24, 2.45) is 0 Å². The van der Waals surface area contributed by atoms with Crippen molar-refractivity contribution in [3.8, 4) is 0 Å². The van der Waals surface area contributed by atoms with Crippen LogP contribution in [0.3, 0.4) is 0 Å². The number of piperazine rings is 2. The summed E-state index contributed by atoms with van der Waals surface area (Å²) in [5, 5.41) is 9.06. The van der Waals surface area contributed by atoms with E-state index in [2.05, 4.69) is 47.0 Å². The lowest BCUT2D eigenvalue weighted by atomic mass is 10.1. The fourth-order valence-electron chi connectivity index (χ4n) is 5.31. The number of amides is 1. The molecule has 3 saturated heterocycles. The van der Waals surface area contributed by atoms with Crippen LogP contribution in [0.25, 0.3) is 11.0 Å². The summed E-state index contributed by atoms with van der Waals surface area (Å²) < 4.78 is 5.79. The van der Waals surface area contributed by atoms with Gasteiger partial charge in [-0.1, -0.05) is 0 Å². The molecule has 0 spiro atoms. The molecule has 0 saturated carbocycles. The average molecular weight is 489 g/mol. The van der Waals surface area contributed by atoms with Gasteiger partial charge in [0.05, 0.1) is 17.1 Å². The smallest absolute Gasteiger partial charge is 0.254 e. The van der Waals surface area contributed by atoms with Gasteiger partial charge < -0.3 is 19.4 Å². The van der Waals surface area contributed by atoms with E-state index >= 15 is 0 Å². The van der Waals surface area contributed by atoms with Crippen molar-refractivity contribution in [2.45, 2.75) is 18.9 Å². The second kappa shape index (κ2) is 10.3. The van der Waals surface area contributed by atoms with E-state index in [4.69, 9.17) is 4.74 Å². The summed E-state index contributed by atoms with van der Waals surface area (Å²) in [6.45, 7) is 8.70. The lowest BCUT2D eigenvalue weighted by Crippen LogP contribution is -2.49. The Labute approximate surface area is 210 Å². The number of carbonyl (C=O) groups excluding carboxylic acids is 1. The number of hydrogen-bond donors (Lipinski definition) is 0. The molecule has 0 N–H and O–H groups in total. The summed E-state index contributed by atoms with van der Waals surface area (Å²) in [6.07, 6.45) is 6.10. The fraction of sp³-hybridized carbons (Fsp3) is 0.500. The Morgan fingerprint density at radius 1 is 0.833 bits per heavy atom. The normalized spacial score (nSPS) is 21.3. The monoisotopic (exact) mass is 488 g/mol. The van der Waals surface area contributed by atoms with Crippen molar-refractivity contribution in [1.82, 2.24) is 30.0 Å². The molecule has 0 bridgehead atoms. The zero-order valence-corrected chi connectivity index (χ0v) is 20.5. The van der Waals surface area contributed by atoms with E-state index in [-0.39, 0.29) is 5.91 Å². The standard InChI is InChI=1S/C26H32N8O2/c35-26(20-3-4-22-23(18-20)28-8-7-27-22)34-15-13-33(14-16-34)25-6-5-24(29-30-25)32-11-9-31(10-12-32)19-21-2-1-17-36-21/h3-8,18,21H,1-2,9-17,19H2. The molecule has 1 unspecified atom stereocenters. The number of nitrogens with zero attached hydrogens (tertiary/aromatic N) is 8. The minimum Gasteiger partial charge on any atom is -0.377 e. The predicted molar refractivity (Wildman–Crippen MR) is 137 cm³/mol. The molecule has 0 radical (unpaired) electrons. The van der Waals surface area contributed by atoms with Gasteiger partial charge in [0.2, 0.25) is 0 Å². The summed E-state index contributed by atoms with van der Waals surface area (Å²) in [7, 11) is 0. The number of benzene rings is 1. The van der Waals surface area contributed by atoms with Crippen LogP contribution in [0.1, 0.15) is 23.2 Å². The molecule has 1 aromatic carbocycles. The van der Waals surface area contributed by atoms with Gasteiger partial charge in [-0.3, -0.25) is 19.7 Å². The van der Waals surface area contributed by atoms with E-state index in [9.17, 15) is 4.79 Å². The van der Waals surface area contributed by atoms with Crippen LogP contribution in [0.2, 0.25) is 0 Å². The maximum absolute atomic E-state index is 13.0. The van der Waals surface area contributed by atoms with Gasteiger partial charge in [0, 0.05) is 83.5 Å². The molecule has 3 aliphatic heterocycles. The first-order valence-electron chi connectivity index (χ1n) is 12.9.